The highest BCUT2D eigenvalue weighted by Gasteiger charge is 2.21. The van der Waals surface area contributed by atoms with Crippen molar-refractivity contribution in [1.29, 1.82) is 0 Å². The first kappa shape index (κ1) is 13.9. The molecule has 0 aliphatic heterocycles. The summed E-state index contributed by atoms with van der Waals surface area (Å²) in [6.45, 7) is 4.49. The molecule has 0 unspecified atom stereocenters. The predicted octanol–water partition coefficient (Wildman–Crippen LogP) is 1.53. The van der Waals surface area contributed by atoms with Crippen LogP contribution in [0.4, 0.5) is 0 Å². The van der Waals surface area contributed by atoms with Crippen molar-refractivity contribution in [2.75, 3.05) is 40.3 Å². The molecule has 0 atom stereocenters. The van der Waals surface area contributed by atoms with Crippen molar-refractivity contribution in [2.24, 2.45) is 5.73 Å². The molecule has 16 heavy (non-hydrogen) atoms. The molecule has 0 aromatic rings. The molecule has 96 valence electrons. The van der Waals surface area contributed by atoms with Crippen LogP contribution in [0.3, 0.4) is 0 Å². The van der Waals surface area contributed by atoms with Crippen molar-refractivity contribution >= 4 is 0 Å². The van der Waals surface area contributed by atoms with Gasteiger partial charge in [0.2, 0.25) is 0 Å². The Morgan fingerprint density at radius 3 is 2.19 bits per heavy atom. The Balaban J connectivity index is 2.25. The van der Waals surface area contributed by atoms with E-state index >= 15 is 0 Å². The van der Waals surface area contributed by atoms with E-state index in [4.69, 9.17) is 5.73 Å². The summed E-state index contributed by atoms with van der Waals surface area (Å²) in [7, 11) is 4.31. The van der Waals surface area contributed by atoms with Gasteiger partial charge in [0.15, 0.2) is 0 Å². The van der Waals surface area contributed by atoms with Crippen LogP contribution in [0, 0.1) is 0 Å². The first-order valence-corrected chi connectivity index (χ1v) is 6.83. The third-order valence-electron chi connectivity index (χ3n) is 3.54. The smallest absolute Gasteiger partial charge is 0.00952 e. The number of hydrogen-bond donors (Lipinski definition) is 1. The molecule has 3 nitrogen and oxygen atoms in total. The first-order valence-electron chi connectivity index (χ1n) is 6.83. The van der Waals surface area contributed by atoms with E-state index in [0.717, 1.165) is 19.0 Å². The van der Waals surface area contributed by atoms with Crippen molar-refractivity contribution in [3.63, 3.8) is 0 Å². The van der Waals surface area contributed by atoms with Gasteiger partial charge in [0.25, 0.3) is 0 Å². The summed E-state index contributed by atoms with van der Waals surface area (Å²) in [6.07, 6.45) is 8.11. The summed E-state index contributed by atoms with van der Waals surface area (Å²) in [4.78, 5) is 4.96. The molecule has 2 N–H and O–H groups in total. The van der Waals surface area contributed by atoms with E-state index in [2.05, 4.69) is 23.9 Å². The Morgan fingerprint density at radius 1 is 1.00 bits per heavy atom. The van der Waals surface area contributed by atoms with Crippen LogP contribution in [0.15, 0.2) is 0 Å². The van der Waals surface area contributed by atoms with Crippen molar-refractivity contribution < 1.29 is 0 Å². The summed E-state index contributed by atoms with van der Waals surface area (Å²) in [6, 6.07) is 0.855. The third kappa shape index (κ3) is 5.28. The Hall–Kier alpha value is -0.120. The Kier molecular flexibility index (Phi) is 7.01. The molecular weight excluding hydrogens is 198 g/mol. The van der Waals surface area contributed by atoms with Gasteiger partial charge < -0.3 is 15.5 Å². The van der Waals surface area contributed by atoms with Gasteiger partial charge in [-0.3, -0.25) is 0 Å². The lowest BCUT2D eigenvalue weighted by Crippen LogP contribution is -2.36. The molecular formula is C13H29N3. The molecule has 0 aromatic heterocycles. The summed E-state index contributed by atoms with van der Waals surface area (Å²) in [5, 5.41) is 0. The lowest BCUT2D eigenvalue weighted by Gasteiger charge is -2.29. The second-order valence-electron chi connectivity index (χ2n) is 5.27. The van der Waals surface area contributed by atoms with E-state index in [1.807, 2.05) is 0 Å². The van der Waals surface area contributed by atoms with Crippen LogP contribution in [0.2, 0.25) is 0 Å². The highest BCUT2D eigenvalue weighted by atomic mass is 15.2. The molecule has 0 saturated heterocycles. The Morgan fingerprint density at radius 2 is 1.62 bits per heavy atom. The molecule has 0 radical (unpaired) electrons. The summed E-state index contributed by atoms with van der Waals surface area (Å²) < 4.78 is 0. The molecule has 0 bridgehead atoms. The number of nitrogens with two attached hydrogens (primary N) is 1. The normalized spacial score (nSPS) is 17.8. The predicted molar refractivity (Wildman–Crippen MR) is 70.7 cm³/mol. The van der Waals surface area contributed by atoms with E-state index in [1.54, 1.807) is 0 Å². The average molecular weight is 227 g/mol. The molecule has 1 saturated carbocycles. The minimum absolute atomic E-state index is 0.830. The van der Waals surface area contributed by atoms with Gasteiger partial charge in [0.1, 0.15) is 0 Å². The van der Waals surface area contributed by atoms with Crippen LogP contribution in [0.1, 0.15) is 38.5 Å². The van der Waals surface area contributed by atoms with Crippen molar-refractivity contribution in [3.05, 3.63) is 0 Å². The molecule has 0 spiro atoms. The van der Waals surface area contributed by atoms with E-state index in [-0.39, 0.29) is 0 Å². The standard InChI is InChI=1S/C13H29N3/c1-15(2)10-6-12-16(11-5-9-14)13-7-3-4-8-13/h13H,3-12,14H2,1-2H3. The lowest BCUT2D eigenvalue weighted by atomic mass is 10.2. The van der Waals surface area contributed by atoms with Gasteiger partial charge in [0, 0.05) is 6.04 Å². The molecule has 1 aliphatic rings. The maximum absolute atomic E-state index is 5.62. The second-order valence-corrected chi connectivity index (χ2v) is 5.27. The van der Waals surface area contributed by atoms with Crippen LogP contribution >= 0.6 is 0 Å². The zero-order valence-corrected chi connectivity index (χ0v) is 11.1. The van der Waals surface area contributed by atoms with Gasteiger partial charge in [-0.2, -0.15) is 0 Å². The Bertz CT molecular complexity index is 165. The van der Waals surface area contributed by atoms with Crippen molar-refractivity contribution in [3.8, 4) is 0 Å². The topological polar surface area (TPSA) is 32.5 Å². The van der Waals surface area contributed by atoms with Gasteiger partial charge in [0.05, 0.1) is 0 Å². The van der Waals surface area contributed by atoms with Gasteiger partial charge in [-0.15, -0.1) is 0 Å². The largest absolute Gasteiger partial charge is 0.330 e. The third-order valence-corrected chi connectivity index (χ3v) is 3.54. The molecule has 0 aromatic carbocycles. The summed E-state index contributed by atoms with van der Waals surface area (Å²) in [5.41, 5.74) is 5.62. The van der Waals surface area contributed by atoms with Gasteiger partial charge in [-0.1, -0.05) is 12.8 Å². The molecule has 0 heterocycles. The SMILES string of the molecule is CN(C)CCCN(CCCN)C1CCCC1. The van der Waals surface area contributed by atoms with Gasteiger partial charge in [-0.05, 0) is 66.0 Å². The van der Waals surface area contributed by atoms with Gasteiger partial charge in [-0.25, -0.2) is 0 Å². The number of nitrogens with zero attached hydrogens (tertiary/aromatic N) is 2. The fraction of sp³-hybridized carbons (Fsp3) is 1.00. The Labute approximate surface area is 101 Å². The molecule has 1 aliphatic carbocycles. The fourth-order valence-electron chi connectivity index (χ4n) is 2.63. The fourth-order valence-corrected chi connectivity index (χ4v) is 2.63. The van der Waals surface area contributed by atoms with E-state index in [1.165, 1.54) is 51.7 Å². The minimum Gasteiger partial charge on any atom is -0.330 e. The van der Waals surface area contributed by atoms with Crippen LogP contribution in [0.5, 0.6) is 0 Å². The zero-order valence-electron chi connectivity index (χ0n) is 11.1. The van der Waals surface area contributed by atoms with Crippen LogP contribution in [-0.4, -0.2) is 56.1 Å². The quantitative estimate of drug-likeness (QED) is 0.682. The van der Waals surface area contributed by atoms with E-state index < -0.39 is 0 Å². The second kappa shape index (κ2) is 8.04. The highest BCUT2D eigenvalue weighted by Crippen LogP contribution is 2.23. The monoisotopic (exact) mass is 227 g/mol. The van der Waals surface area contributed by atoms with Crippen molar-refractivity contribution in [1.82, 2.24) is 9.80 Å². The average Bonchev–Trinajstić information content (AvgIpc) is 2.75. The highest BCUT2D eigenvalue weighted by molar-refractivity contribution is 4.77. The number of hydrogen-bond acceptors (Lipinski definition) is 3. The molecule has 3 heteroatoms. The van der Waals surface area contributed by atoms with Crippen molar-refractivity contribution in [2.45, 2.75) is 44.6 Å². The van der Waals surface area contributed by atoms with E-state index in [0.29, 0.717) is 0 Å². The van der Waals surface area contributed by atoms with Crippen LogP contribution < -0.4 is 5.73 Å². The van der Waals surface area contributed by atoms with Gasteiger partial charge >= 0.3 is 0 Å². The minimum atomic E-state index is 0.830. The molecule has 1 fully saturated rings. The zero-order chi connectivity index (χ0) is 11.8. The van der Waals surface area contributed by atoms with Crippen LogP contribution in [-0.2, 0) is 0 Å². The maximum Gasteiger partial charge on any atom is 0.00952 e. The van der Waals surface area contributed by atoms with Crippen LogP contribution in [0.25, 0.3) is 0 Å². The maximum atomic E-state index is 5.62. The number of rotatable bonds is 8. The molecule has 1 rings (SSSR count). The summed E-state index contributed by atoms with van der Waals surface area (Å²) in [5.74, 6) is 0. The molecule has 0 amide bonds. The first-order chi connectivity index (χ1) is 7.74. The summed E-state index contributed by atoms with van der Waals surface area (Å²) >= 11 is 0. The van der Waals surface area contributed by atoms with E-state index in [9.17, 15) is 0 Å². The lowest BCUT2D eigenvalue weighted by molar-refractivity contribution is 0.188.